The summed E-state index contributed by atoms with van der Waals surface area (Å²) in [7, 11) is 26.3. The highest BCUT2D eigenvalue weighted by molar-refractivity contribution is 7.43. The van der Waals surface area contributed by atoms with Crippen molar-refractivity contribution in [3.8, 4) is 0 Å². The molecule has 0 rings (SSSR count). The van der Waals surface area contributed by atoms with Crippen LogP contribution in [0.1, 0.15) is 55.4 Å². The Labute approximate surface area is 703 Å². The molecule has 44 heteroatoms. The van der Waals surface area contributed by atoms with Crippen LogP contribution in [0.4, 0.5) is 16.8 Å². The van der Waals surface area contributed by atoms with Crippen molar-refractivity contribution in [3.05, 3.63) is 0 Å². The highest BCUT2D eigenvalue weighted by atomic mass is 31.2. The maximum Gasteiger partial charge on any atom is 0.110 e. The van der Waals surface area contributed by atoms with Gasteiger partial charge in [-0.25, -0.2) is 16.8 Å². The highest BCUT2D eigenvalue weighted by Gasteiger charge is 2.16. The molecule has 0 bridgehead atoms. The van der Waals surface area contributed by atoms with E-state index in [0.29, 0.717) is 106 Å². The molecule has 0 aromatic carbocycles. The third-order valence-corrected chi connectivity index (χ3v) is 17.0. The topological polar surface area (TPSA) is 400 Å². The molecule has 0 radical (unpaired) electrons. The number of nitrogens with zero attached hydrogens (tertiary/aromatic N) is 8. The Balaban J connectivity index is -0.000000103. The van der Waals surface area contributed by atoms with E-state index in [1.807, 2.05) is 0 Å². The average molecular weight is 1800 g/mol. The summed E-state index contributed by atoms with van der Waals surface area (Å²) in [6, 6.07) is 0. The van der Waals surface area contributed by atoms with Crippen molar-refractivity contribution in [1.29, 1.82) is 0 Å². The molecular weight excluding hydrogens is 1620 g/mol. The Morgan fingerprint density at radius 1 is 0.181 bits per heavy atom. The first-order valence-electron chi connectivity index (χ1n) is 38.9. The van der Waals surface area contributed by atoms with Crippen molar-refractivity contribution in [2.75, 3.05) is 433 Å². The van der Waals surface area contributed by atoms with Gasteiger partial charge in [0.25, 0.3) is 0 Å². The summed E-state index contributed by atoms with van der Waals surface area (Å²) >= 11 is 0. The summed E-state index contributed by atoms with van der Waals surface area (Å²) in [6.07, 6.45) is 0. The van der Waals surface area contributed by atoms with Gasteiger partial charge in [-0.2, -0.15) is 0 Å². The average Bonchev–Trinajstić information content (AvgIpc) is 1.00. The fraction of sp³-hybridized carbons (Fsp3) is 1.00. The smallest absolute Gasteiger partial charge is 0.110 e. The second-order valence-corrected chi connectivity index (χ2v) is 33.8. The van der Waals surface area contributed by atoms with Gasteiger partial charge in [0.05, 0.1) is 324 Å². The molecule has 0 heterocycles. The largest absolute Gasteiger partial charge is 0.786 e. The van der Waals surface area contributed by atoms with Gasteiger partial charge in [-0.05, 0) is 55.4 Å². The summed E-state index contributed by atoms with van der Waals surface area (Å²) in [5, 5.41) is 0. The maximum atomic E-state index is 10.1. The van der Waals surface area contributed by atoms with E-state index in [2.05, 4.69) is 168 Å². The number of likely N-dealkylation sites (N-methyl/N-ethyl adjacent to an activating group) is 8. The van der Waals surface area contributed by atoms with Crippen molar-refractivity contribution in [2.24, 2.45) is 0 Å². The Kier molecular flexibility index (Phi) is 110. The van der Waals surface area contributed by atoms with Crippen LogP contribution >= 0.6 is 31.6 Å². The molecule has 0 atom stereocenters. The number of methoxy groups -OCH3 is 8. The lowest BCUT2D eigenvalue weighted by atomic mass is 10.4. The van der Waals surface area contributed by atoms with Crippen LogP contribution in [0.25, 0.3) is 0 Å². The van der Waals surface area contributed by atoms with E-state index in [-0.39, 0.29) is 0 Å². The molecule has 0 aliphatic heterocycles. The summed E-state index contributed by atoms with van der Waals surface area (Å²) < 4.78 is 164. The van der Waals surface area contributed by atoms with Crippen LogP contribution in [0.2, 0.25) is 0 Å². The van der Waals surface area contributed by atoms with E-state index < -0.39 is 31.6 Å². The van der Waals surface area contributed by atoms with Crippen LogP contribution in [0.3, 0.4) is 0 Å². The Bertz CT molecular complexity index is 1740. The van der Waals surface area contributed by atoms with Gasteiger partial charge in [-0.1, -0.05) is 0 Å². The van der Waals surface area contributed by atoms with Gasteiger partial charge >= 0.3 is 0 Å². The van der Waals surface area contributed by atoms with E-state index in [1.165, 1.54) is 0 Å². The third-order valence-electron chi connectivity index (χ3n) is 17.0. The number of hydrogen-bond donors (Lipinski definition) is 0. The molecule has 0 N–H and O–H groups in total. The monoisotopic (exact) mass is 1800 g/mol. The van der Waals surface area contributed by atoms with Gasteiger partial charge in [-0.15, -0.1) is 0 Å². The zero-order valence-electron chi connectivity index (χ0n) is 78.6. The van der Waals surface area contributed by atoms with Crippen LogP contribution in [0, 0.1) is 0 Å². The fourth-order valence-corrected chi connectivity index (χ4v) is 5.71. The predicted octanol–water partition coefficient (Wildman–Crippen LogP) is 1.10. The standard InChI is InChI=1S/8C9H22NO2.4FH2O3P/c8*1-5-10(2,3)6-7-12-9-8-11-4;4*1-5(2,3)4/h8*5-9H2,1-4H3;4*(H2,2,3,4)/q8*+1;;;;/p-8. The van der Waals surface area contributed by atoms with Crippen molar-refractivity contribution in [2.45, 2.75) is 55.4 Å². The lowest BCUT2D eigenvalue weighted by Gasteiger charge is -2.27. The first-order valence-corrected chi connectivity index (χ1v) is 44.7. The minimum atomic E-state index is -5.64. The normalized spacial score (nSPS) is 12.0. The molecule has 0 fully saturated rings. The van der Waals surface area contributed by atoms with E-state index in [4.69, 9.17) is 133 Å². The van der Waals surface area contributed by atoms with Gasteiger partial charge in [0.1, 0.15) is 84.0 Å². The number of quaternary nitrogens is 8. The van der Waals surface area contributed by atoms with Gasteiger partial charge in [0, 0.05) is 56.9 Å². The molecule has 0 amide bonds. The minimum Gasteiger partial charge on any atom is -0.786 e. The highest BCUT2D eigenvalue weighted by Crippen LogP contribution is 2.24. The molecule has 0 spiro atoms. The van der Waals surface area contributed by atoms with Gasteiger partial charge in [0.15, 0.2) is 0 Å². The fourth-order valence-electron chi connectivity index (χ4n) is 5.71. The van der Waals surface area contributed by atoms with E-state index in [1.54, 1.807) is 56.9 Å². The van der Waals surface area contributed by atoms with Crippen LogP contribution in [0.5, 0.6) is 0 Å². The van der Waals surface area contributed by atoms with Crippen molar-refractivity contribution < 1.29 is 186 Å². The molecule has 36 nitrogen and oxygen atoms in total. The van der Waals surface area contributed by atoms with E-state index in [9.17, 15) is 16.8 Å². The Hall–Kier alpha value is -0.640. The SMILES string of the molecule is CC[N+](C)(C)CCOCCOC.CC[N+](C)(C)CCOCCOC.CC[N+](C)(C)CCOCCOC.CC[N+](C)(C)CCOCCOC.CC[N+](C)(C)CCOCCOC.CC[N+](C)(C)CCOCCOC.CC[N+](C)(C)CCOCCOC.CC[N+](C)(C)CCOCCOC.O=P([O-])([O-])F.O=P([O-])([O-])F.O=P([O-])([O-])F.O=P([O-])([O-])F. The van der Waals surface area contributed by atoms with Crippen molar-refractivity contribution in [3.63, 3.8) is 0 Å². The molecular formula is C72H176F4N8O28P4. The van der Waals surface area contributed by atoms with E-state index in [0.717, 1.165) is 193 Å². The zero-order valence-corrected chi connectivity index (χ0v) is 82.2. The van der Waals surface area contributed by atoms with Crippen LogP contribution in [-0.2, 0) is 94.1 Å². The second kappa shape index (κ2) is 90.6. The number of halogens is 4. The number of rotatable bonds is 56. The third kappa shape index (κ3) is 188. The zero-order chi connectivity index (χ0) is 93.6. The molecule has 0 unspecified atom stereocenters. The molecule has 0 aliphatic rings. The maximum absolute atomic E-state index is 10.1. The molecule has 0 aromatic heterocycles. The quantitative estimate of drug-likeness (QED) is 0.0356. The Morgan fingerprint density at radius 2 is 0.250 bits per heavy atom. The van der Waals surface area contributed by atoms with Gasteiger partial charge in [-0.3, -0.25) is 0 Å². The summed E-state index contributed by atoms with van der Waals surface area (Å²) in [5.74, 6) is 0. The first kappa shape index (κ1) is 141. The predicted molar refractivity (Wildman–Crippen MR) is 437 cm³/mol. The summed E-state index contributed by atoms with van der Waals surface area (Å²) in [4.78, 5) is 67.5. The molecule has 116 heavy (non-hydrogen) atoms. The minimum absolute atomic E-state index is 0.694. The first-order chi connectivity index (χ1) is 53.0. The van der Waals surface area contributed by atoms with Crippen molar-refractivity contribution in [1.82, 2.24) is 0 Å². The van der Waals surface area contributed by atoms with Gasteiger partial charge in [0.2, 0.25) is 0 Å². The second-order valence-electron chi connectivity index (χ2n) is 30.4. The molecule has 720 valence electrons. The van der Waals surface area contributed by atoms with E-state index >= 15 is 0 Å². The molecule has 0 saturated carbocycles. The Morgan fingerprint density at radius 3 is 0.302 bits per heavy atom. The molecule has 0 aliphatic carbocycles. The van der Waals surface area contributed by atoms with Crippen LogP contribution < -0.4 is 39.1 Å². The molecule has 0 aromatic rings. The number of hydrogen-bond acceptors (Lipinski definition) is 28. The molecule has 0 saturated heterocycles. The summed E-state index contributed by atoms with van der Waals surface area (Å²) in [6.45, 7) is 53.1. The van der Waals surface area contributed by atoms with Crippen LogP contribution in [-0.4, -0.2) is 469 Å². The summed E-state index contributed by atoms with van der Waals surface area (Å²) in [5.41, 5.74) is 0. The lowest BCUT2D eigenvalue weighted by Crippen LogP contribution is -2.42. The van der Waals surface area contributed by atoms with Crippen molar-refractivity contribution >= 4 is 31.6 Å². The lowest BCUT2D eigenvalue weighted by molar-refractivity contribution is -0.888. The van der Waals surface area contributed by atoms with Gasteiger partial charge < -0.3 is 169 Å². The number of ether oxygens (including phenoxy) is 16. The van der Waals surface area contributed by atoms with Crippen LogP contribution in [0.15, 0.2) is 0 Å².